The first kappa shape index (κ1) is 33.5. The van der Waals surface area contributed by atoms with Gasteiger partial charge in [-0.3, -0.25) is 14.4 Å². The molecule has 208 valence electrons. The Balaban J connectivity index is 3.64. The predicted molar refractivity (Wildman–Crippen MR) is 138 cm³/mol. The number of ether oxygens (including phenoxy) is 1. The molecular weight excluding hydrogens is 464 g/mol. The van der Waals surface area contributed by atoms with Gasteiger partial charge in [0, 0.05) is 25.8 Å². The summed E-state index contributed by atoms with van der Waals surface area (Å²) in [6.45, 7) is 2.90. The van der Waals surface area contributed by atoms with Gasteiger partial charge < -0.3 is 25.3 Å². The van der Waals surface area contributed by atoms with Gasteiger partial charge in [-0.05, 0) is 39.0 Å². The van der Waals surface area contributed by atoms with E-state index < -0.39 is 12.0 Å². The zero-order valence-electron chi connectivity index (χ0n) is 22.2. The average Bonchev–Trinajstić information content (AvgIpc) is 2.84. The van der Waals surface area contributed by atoms with Crippen LogP contribution in [-0.2, 0) is 28.7 Å². The fourth-order valence-electron chi connectivity index (χ4n) is 3.89. The third-order valence-corrected chi connectivity index (χ3v) is 6.06. The van der Waals surface area contributed by atoms with Gasteiger partial charge >= 0.3 is 5.97 Å². The van der Waals surface area contributed by atoms with Gasteiger partial charge in [-0.15, -0.1) is 0 Å². The number of ketones is 1. The number of hydrogen-bond donors (Lipinski definition) is 3. The smallest absolute Gasteiger partial charge is 0.326 e. The predicted octanol–water partition coefficient (Wildman–Crippen LogP) is 4.46. The number of hydrogen-bond acceptors (Lipinski definition) is 6. The molecule has 1 atom stereocenters. The van der Waals surface area contributed by atoms with Crippen molar-refractivity contribution in [2.75, 3.05) is 13.2 Å². The lowest BCUT2D eigenvalue weighted by Gasteiger charge is -2.14. The molecule has 3 N–H and O–H groups in total. The number of unbranched alkanes of at least 4 members (excludes halogenated alkanes) is 12. The van der Waals surface area contributed by atoms with Crippen LogP contribution in [0.15, 0.2) is 0 Å². The Morgan fingerprint density at radius 2 is 1.28 bits per heavy atom. The SMILES string of the molecule is CC(=O)CCC(=O)NCCCCC(NC(=O)CCCCCCCCCCCCCCOC=O)C(=O)O. The van der Waals surface area contributed by atoms with Gasteiger partial charge in [-0.25, -0.2) is 4.79 Å². The highest BCUT2D eigenvalue weighted by molar-refractivity contribution is 5.84. The third-order valence-electron chi connectivity index (χ3n) is 6.06. The Kier molecular flexibility index (Phi) is 22.6. The quantitative estimate of drug-likeness (QED) is 0.115. The number of rotatable bonds is 26. The van der Waals surface area contributed by atoms with Crippen molar-refractivity contribution < 1.29 is 33.8 Å². The van der Waals surface area contributed by atoms with Crippen molar-refractivity contribution in [2.45, 2.75) is 129 Å². The zero-order chi connectivity index (χ0) is 26.9. The van der Waals surface area contributed by atoms with Crippen LogP contribution in [0.3, 0.4) is 0 Å². The molecule has 0 aliphatic carbocycles. The minimum Gasteiger partial charge on any atom is -0.480 e. The summed E-state index contributed by atoms with van der Waals surface area (Å²) in [6.07, 6.45) is 15.6. The maximum atomic E-state index is 12.1. The van der Waals surface area contributed by atoms with E-state index in [1.54, 1.807) is 0 Å². The summed E-state index contributed by atoms with van der Waals surface area (Å²) in [6, 6.07) is -0.907. The molecule has 2 amide bonds. The molecule has 0 aromatic heterocycles. The van der Waals surface area contributed by atoms with E-state index in [1.165, 1.54) is 45.4 Å². The first-order valence-corrected chi connectivity index (χ1v) is 13.7. The van der Waals surface area contributed by atoms with Crippen molar-refractivity contribution >= 4 is 30.0 Å². The van der Waals surface area contributed by atoms with E-state index in [0.717, 1.165) is 38.5 Å². The normalized spacial score (nSPS) is 11.5. The molecule has 0 aromatic carbocycles. The molecule has 36 heavy (non-hydrogen) atoms. The van der Waals surface area contributed by atoms with Crippen LogP contribution < -0.4 is 10.6 Å². The Morgan fingerprint density at radius 3 is 1.81 bits per heavy atom. The highest BCUT2D eigenvalue weighted by Gasteiger charge is 2.19. The van der Waals surface area contributed by atoms with E-state index in [1.807, 2.05) is 0 Å². The van der Waals surface area contributed by atoms with Crippen LogP contribution in [0.4, 0.5) is 0 Å². The van der Waals surface area contributed by atoms with Crippen molar-refractivity contribution in [3.8, 4) is 0 Å². The number of Topliss-reactive ketones (excluding diaryl/α,β-unsaturated/α-hetero) is 1. The fraction of sp³-hybridized carbons (Fsp3) is 0.815. The lowest BCUT2D eigenvalue weighted by atomic mass is 10.0. The van der Waals surface area contributed by atoms with Gasteiger partial charge in [-0.1, -0.05) is 64.2 Å². The number of nitrogens with one attached hydrogen (secondary N) is 2. The molecule has 9 nitrogen and oxygen atoms in total. The average molecular weight is 513 g/mol. The van der Waals surface area contributed by atoms with Crippen molar-refractivity contribution in [3.63, 3.8) is 0 Å². The molecule has 0 spiro atoms. The second-order valence-electron chi connectivity index (χ2n) is 9.47. The summed E-state index contributed by atoms with van der Waals surface area (Å²) in [7, 11) is 0. The highest BCUT2D eigenvalue weighted by atomic mass is 16.5. The van der Waals surface area contributed by atoms with Gasteiger partial charge in [0.05, 0.1) is 6.61 Å². The Hall–Kier alpha value is -2.45. The first-order chi connectivity index (χ1) is 17.4. The topological polar surface area (TPSA) is 139 Å². The third kappa shape index (κ3) is 23.3. The molecule has 0 heterocycles. The summed E-state index contributed by atoms with van der Waals surface area (Å²) in [5.74, 6) is -1.47. The van der Waals surface area contributed by atoms with E-state index in [9.17, 15) is 29.1 Å². The molecule has 1 unspecified atom stereocenters. The maximum Gasteiger partial charge on any atom is 0.326 e. The number of amides is 2. The molecule has 0 aromatic rings. The standard InChI is InChI=1S/C27H48N2O7/c1-23(31)18-19-25(32)28-20-14-13-16-24(27(34)35)29-26(33)17-12-10-8-6-4-2-3-5-7-9-11-15-21-36-22-30/h22,24H,2-21H2,1H3,(H,28,32)(H,29,33)(H,34,35). The summed E-state index contributed by atoms with van der Waals surface area (Å²) in [5, 5.41) is 14.7. The second kappa shape index (κ2) is 24.3. The Labute approximate surface area is 216 Å². The molecule has 0 bridgehead atoms. The van der Waals surface area contributed by atoms with Gasteiger partial charge in [-0.2, -0.15) is 0 Å². The number of carboxylic acid groups (broad SMARTS) is 1. The van der Waals surface area contributed by atoms with Crippen LogP contribution >= 0.6 is 0 Å². The Morgan fingerprint density at radius 1 is 0.722 bits per heavy atom. The monoisotopic (exact) mass is 512 g/mol. The molecular formula is C27H48N2O7. The van der Waals surface area contributed by atoms with E-state index in [0.29, 0.717) is 45.3 Å². The number of aliphatic carboxylic acids is 1. The maximum absolute atomic E-state index is 12.1. The van der Waals surface area contributed by atoms with Crippen molar-refractivity contribution in [1.29, 1.82) is 0 Å². The van der Waals surface area contributed by atoms with Crippen LogP contribution in [0.1, 0.15) is 122 Å². The van der Waals surface area contributed by atoms with E-state index in [2.05, 4.69) is 15.4 Å². The molecule has 0 radical (unpaired) electrons. The van der Waals surface area contributed by atoms with Gasteiger partial charge in [0.2, 0.25) is 11.8 Å². The number of carboxylic acids is 1. The lowest BCUT2D eigenvalue weighted by Crippen LogP contribution is -2.40. The molecule has 0 aliphatic rings. The van der Waals surface area contributed by atoms with Gasteiger partial charge in [0.1, 0.15) is 11.8 Å². The first-order valence-electron chi connectivity index (χ1n) is 13.7. The molecule has 0 saturated heterocycles. The van der Waals surface area contributed by atoms with Crippen molar-refractivity contribution in [3.05, 3.63) is 0 Å². The summed E-state index contributed by atoms with van der Waals surface area (Å²) >= 11 is 0. The molecule has 0 fully saturated rings. The number of carbonyl (C=O) groups is 5. The second-order valence-corrected chi connectivity index (χ2v) is 9.47. The summed E-state index contributed by atoms with van der Waals surface area (Å²) in [4.78, 5) is 56.0. The highest BCUT2D eigenvalue weighted by Crippen LogP contribution is 2.13. The zero-order valence-corrected chi connectivity index (χ0v) is 22.2. The van der Waals surface area contributed by atoms with Crippen LogP contribution in [0, 0.1) is 0 Å². The lowest BCUT2D eigenvalue weighted by molar-refractivity contribution is -0.142. The van der Waals surface area contributed by atoms with Crippen molar-refractivity contribution in [1.82, 2.24) is 10.6 Å². The minimum absolute atomic E-state index is 0.0283. The van der Waals surface area contributed by atoms with Crippen LogP contribution in [0.2, 0.25) is 0 Å². The van der Waals surface area contributed by atoms with E-state index in [4.69, 9.17) is 0 Å². The minimum atomic E-state index is -1.04. The van der Waals surface area contributed by atoms with Gasteiger partial charge in [0.25, 0.3) is 6.47 Å². The molecule has 9 heteroatoms. The Bertz CT molecular complexity index is 625. The molecule has 0 saturated carbocycles. The summed E-state index contributed by atoms with van der Waals surface area (Å²) < 4.78 is 4.67. The fourth-order valence-corrected chi connectivity index (χ4v) is 3.89. The molecule has 0 aliphatic heterocycles. The largest absolute Gasteiger partial charge is 0.480 e. The van der Waals surface area contributed by atoms with E-state index in [-0.39, 0.29) is 30.4 Å². The van der Waals surface area contributed by atoms with Crippen LogP contribution in [0.5, 0.6) is 0 Å². The summed E-state index contributed by atoms with van der Waals surface area (Å²) in [5.41, 5.74) is 0. The van der Waals surface area contributed by atoms with Gasteiger partial charge in [0.15, 0.2) is 0 Å². The van der Waals surface area contributed by atoms with Crippen LogP contribution in [-0.4, -0.2) is 54.3 Å². The number of carbonyl (C=O) groups excluding carboxylic acids is 4. The molecule has 0 rings (SSSR count). The van der Waals surface area contributed by atoms with E-state index >= 15 is 0 Å². The van der Waals surface area contributed by atoms with Crippen molar-refractivity contribution in [2.24, 2.45) is 0 Å². The van der Waals surface area contributed by atoms with Crippen LogP contribution in [0.25, 0.3) is 0 Å².